The Hall–Kier alpha value is -3.19. The topological polar surface area (TPSA) is 104 Å². The van der Waals surface area contributed by atoms with E-state index < -0.39 is 16.4 Å². The number of ether oxygens (including phenoxy) is 1. The molecule has 36 heavy (non-hydrogen) atoms. The highest BCUT2D eigenvalue weighted by Gasteiger charge is 2.41. The maximum atomic E-state index is 13.9. The van der Waals surface area contributed by atoms with E-state index in [1.54, 1.807) is 28.6 Å². The molecule has 1 fully saturated rings. The van der Waals surface area contributed by atoms with Gasteiger partial charge in [-0.05, 0) is 78.6 Å². The largest absolute Gasteiger partial charge is 0.573 e. The van der Waals surface area contributed by atoms with Crippen LogP contribution in [0.4, 0.5) is 18.9 Å². The third-order valence-electron chi connectivity index (χ3n) is 6.72. The van der Waals surface area contributed by atoms with Gasteiger partial charge in [0.2, 0.25) is 10.0 Å². The van der Waals surface area contributed by atoms with Crippen molar-refractivity contribution in [2.24, 2.45) is 0 Å². The van der Waals surface area contributed by atoms with Gasteiger partial charge in [0.1, 0.15) is 5.75 Å². The van der Waals surface area contributed by atoms with Crippen molar-refractivity contribution in [1.29, 1.82) is 0 Å². The van der Waals surface area contributed by atoms with E-state index in [0.717, 1.165) is 11.1 Å². The number of aromatic nitrogens is 4. The molecule has 3 aromatic rings. The number of H-pyrrole nitrogens is 1. The van der Waals surface area contributed by atoms with Crippen LogP contribution in [0.2, 0.25) is 0 Å². The Balaban J connectivity index is 1.35. The van der Waals surface area contributed by atoms with Crippen molar-refractivity contribution < 1.29 is 26.3 Å². The first-order chi connectivity index (χ1) is 17.0. The number of piperazine rings is 1. The highest BCUT2D eigenvalue weighted by atomic mass is 32.2. The minimum atomic E-state index is -4.76. The van der Waals surface area contributed by atoms with E-state index in [1.807, 2.05) is 24.8 Å². The summed E-state index contributed by atoms with van der Waals surface area (Å²) in [5.41, 5.74) is 2.46. The number of benzene rings is 2. The van der Waals surface area contributed by atoms with Crippen LogP contribution < -0.4 is 9.64 Å². The predicted octanol–water partition coefficient (Wildman–Crippen LogP) is 3.27. The molecule has 3 unspecified atom stereocenters. The van der Waals surface area contributed by atoms with E-state index in [1.165, 1.54) is 12.1 Å². The van der Waals surface area contributed by atoms with Gasteiger partial charge in [-0.2, -0.15) is 4.31 Å². The number of fused-ring (bicyclic) bond motifs is 1. The van der Waals surface area contributed by atoms with Crippen molar-refractivity contribution in [3.63, 3.8) is 0 Å². The van der Waals surface area contributed by atoms with E-state index in [4.69, 9.17) is 0 Å². The van der Waals surface area contributed by atoms with Gasteiger partial charge in [-0.3, -0.25) is 0 Å². The second-order valence-corrected chi connectivity index (χ2v) is 11.1. The summed E-state index contributed by atoms with van der Waals surface area (Å²) in [6, 6.07) is 10.2. The molecule has 5 rings (SSSR count). The van der Waals surface area contributed by atoms with Gasteiger partial charge in [0.15, 0.2) is 5.82 Å². The van der Waals surface area contributed by atoms with Gasteiger partial charge in [-0.25, -0.2) is 13.5 Å². The number of sulfonamides is 1. The van der Waals surface area contributed by atoms with Gasteiger partial charge in [0, 0.05) is 36.8 Å². The minimum Gasteiger partial charge on any atom is -0.406 e. The van der Waals surface area contributed by atoms with Crippen molar-refractivity contribution in [1.82, 2.24) is 24.9 Å². The van der Waals surface area contributed by atoms with Crippen LogP contribution in [0.15, 0.2) is 47.4 Å². The van der Waals surface area contributed by atoms with Gasteiger partial charge in [-0.1, -0.05) is 12.1 Å². The summed E-state index contributed by atoms with van der Waals surface area (Å²) in [6.45, 7) is 4.47. The highest BCUT2D eigenvalue weighted by Crippen LogP contribution is 2.38. The van der Waals surface area contributed by atoms with Crippen molar-refractivity contribution in [2.75, 3.05) is 18.0 Å². The lowest BCUT2D eigenvalue weighted by atomic mass is 10.1. The summed E-state index contributed by atoms with van der Waals surface area (Å²) in [4.78, 5) is 2.27. The van der Waals surface area contributed by atoms with Crippen LogP contribution in [-0.2, 0) is 22.9 Å². The maximum Gasteiger partial charge on any atom is 0.573 e. The molecule has 0 bridgehead atoms. The number of aromatic amines is 1. The molecular formula is C23H25F3N6O3S. The monoisotopic (exact) mass is 522 g/mol. The molecule has 0 radical (unpaired) electrons. The number of tetrazole rings is 1. The molecule has 1 N–H and O–H groups in total. The molecule has 1 aliphatic heterocycles. The van der Waals surface area contributed by atoms with Crippen LogP contribution in [0.25, 0.3) is 0 Å². The molecule has 0 amide bonds. The fourth-order valence-corrected chi connectivity index (χ4v) is 7.44. The van der Waals surface area contributed by atoms with Crippen molar-refractivity contribution in [2.45, 2.75) is 55.9 Å². The molecule has 0 saturated carbocycles. The molecule has 9 nitrogen and oxygen atoms in total. The van der Waals surface area contributed by atoms with Gasteiger partial charge >= 0.3 is 6.36 Å². The number of nitrogens with one attached hydrogen (secondary N) is 1. The molecule has 1 saturated heterocycles. The first-order valence-electron chi connectivity index (χ1n) is 11.5. The Bertz CT molecular complexity index is 1320. The number of hydrogen-bond acceptors (Lipinski definition) is 7. The fraction of sp³-hybridized carbons (Fsp3) is 0.435. The van der Waals surface area contributed by atoms with Crippen LogP contribution in [0.3, 0.4) is 0 Å². The standard InChI is InChI=1S/C23H25F3N6O3S/c1-14-12-31(18-6-8-19(9-7-18)35-23(24,25)26)13-15(2)32(14)36(33,34)21-5-3-4-16-10-17(11-20(16)21)22-27-29-30-28-22/h3-9,14-15,17H,10-13H2,1-2H3,(H,27,28,29,30). The highest BCUT2D eigenvalue weighted by molar-refractivity contribution is 7.89. The van der Waals surface area contributed by atoms with Gasteiger partial charge < -0.3 is 9.64 Å². The predicted molar refractivity (Wildman–Crippen MR) is 124 cm³/mol. The molecular weight excluding hydrogens is 497 g/mol. The van der Waals surface area contributed by atoms with Crippen molar-refractivity contribution in [3.8, 4) is 5.75 Å². The summed E-state index contributed by atoms with van der Waals surface area (Å²) in [5.74, 6) is 0.324. The van der Waals surface area contributed by atoms with E-state index in [0.29, 0.717) is 42.3 Å². The zero-order chi connectivity index (χ0) is 25.7. The summed E-state index contributed by atoms with van der Waals surface area (Å²) in [5, 5.41) is 14.1. The summed E-state index contributed by atoms with van der Waals surface area (Å²) < 4.78 is 70.7. The zero-order valence-electron chi connectivity index (χ0n) is 19.6. The Labute approximate surface area is 206 Å². The molecule has 3 atom stereocenters. The van der Waals surface area contributed by atoms with E-state index in [9.17, 15) is 21.6 Å². The number of alkyl halides is 3. The molecule has 13 heteroatoms. The quantitative estimate of drug-likeness (QED) is 0.549. The first-order valence-corrected chi connectivity index (χ1v) is 13.0. The second kappa shape index (κ2) is 9.04. The fourth-order valence-electron chi connectivity index (χ4n) is 5.36. The third-order valence-corrected chi connectivity index (χ3v) is 8.94. The van der Waals surface area contributed by atoms with Crippen LogP contribution in [0.1, 0.15) is 36.7 Å². The van der Waals surface area contributed by atoms with Crippen LogP contribution in [-0.4, -0.2) is 64.9 Å². The van der Waals surface area contributed by atoms with E-state index >= 15 is 0 Å². The average molecular weight is 523 g/mol. The van der Waals surface area contributed by atoms with E-state index in [-0.39, 0.29) is 23.8 Å². The number of halogens is 3. The lowest BCUT2D eigenvalue weighted by Crippen LogP contribution is -2.58. The third kappa shape index (κ3) is 4.64. The van der Waals surface area contributed by atoms with Crippen LogP contribution in [0.5, 0.6) is 5.75 Å². The number of nitrogens with zero attached hydrogens (tertiary/aromatic N) is 5. The van der Waals surface area contributed by atoms with Crippen molar-refractivity contribution in [3.05, 3.63) is 59.4 Å². The SMILES string of the molecule is CC1CN(c2ccc(OC(F)(F)F)cc2)CC(C)N1S(=O)(=O)c1cccc2c1CC(c1nnn[nH]1)C2. The smallest absolute Gasteiger partial charge is 0.406 e. The molecule has 192 valence electrons. The number of hydrogen-bond donors (Lipinski definition) is 1. The van der Waals surface area contributed by atoms with Crippen LogP contribution in [0, 0.1) is 0 Å². The molecule has 2 heterocycles. The Morgan fingerprint density at radius 3 is 2.33 bits per heavy atom. The Kier molecular flexibility index (Phi) is 6.15. The number of rotatable bonds is 5. The summed E-state index contributed by atoms with van der Waals surface area (Å²) >= 11 is 0. The maximum absolute atomic E-state index is 13.9. The van der Waals surface area contributed by atoms with Crippen molar-refractivity contribution >= 4 is 15.7 Å². The van der Waals surface area contributed by atoms with Gasteiger partial charge in [0.25, 0.3) is 0 Å². The molecule has 1 aromatic heterocycles. The molecule has 0 spiro atoms. The number of anilines is 1. The normalized spacial score (nSPS) is 23.0. The lowest BCUT2D eigenvalue weighted by Gasteiger charge is -2.44. The summed E-state index contributed by atoms with van der Waals surface area (Å²) in [6.07, 6.45) is -3.58. The summed E-state index contributed by atoms with van der Waals surface area (Å²) in [7, 11) is -3.81. The lowest BCUT2D eigenvalue weighted by molar-refractivity contribution is -0.274. The van der Waals surface area contributed by atoms with Gasteiger partial charge in [-0.15, -0.1) is 18.3 Å². The van der Waals surface area contributed by atoms with E-state index in [2.05, 4.69) is 25.4 Å². The first kappa shape index (κ1) is 24.5. The second-order valence-electron chi connectivity index (χ2n) is 9.27. The molecule has 1 aliphatic carbocycles. The molecule has 2 aliphatic rings. The Morgan fingerprint density at radius 1 is 1.03 bits per heavy atom. The Morgan fingerprint density at radius 2 is 1.72 bits per heavy atom. The molecule has 2 aromatic carbocycles. The van der Waals surface area contributed by atoms with Crippen LogP contribution >= 0.6 is 0 Å². The average Bonchev–Trinajstić information content (AvgIpc) is 3.47. The minimum absolute atomic E-state index is 0.0117. The zero-order valence-corrected chi connectivity index (χ0v) is 20.4. The van der Waals surface area contributed by atoms with Gasteiger partial charge in [0.05, 0.1) is 4.90 Å².